The smallest absolute Gasteiger partial charge is 0.329 e. The zero-order valence-corrected chi connectivity index (χ0v) is 39.0. The highest BCUT2D eigenvalue weighted by atomic mass is 16.3. The zero-order chi connectivity index (χ0) is 43.8. The first kappa shape index (κ1) is 36.2. The van der Waals surface area contributed by atoms with Crippen molar-refractivity contribution in [3.8, 4) is 33.4 Å². The van der Waals surface area contributed by atoms with Gasteiger partial charge in [-0.3, -0.25) is 0 Å². The lowest BCUT2D eigenvalue weighted by molar-refractivity contribution is -0.175. The van der Waals surface area contributed by atoms with Crippen LogP contribution in [-0.2, 0) is 17.3 Å². The Hall–Kier alpha value is -5.80. The van der Waals surface area contributed by atoms with Crippen molar-refractivity contribution in [3.05, 3.63) is 167 Å². The number of aryl methyl sites for hydroxylation is 1. The Labute approximate surface area is 399 Å². The molecule has 19 rings (SSSR count). The van der Waals surface area contributed by atoms with Crippen LogP contribution in [0.2, 0.25) is 0 Å². The molecule has 11 aliphatic rings. The molecular weight excluding hydrogens is 822 g/mol. The van der Waals surface area contributed by atoms with E-state index in [1.54, 1.807) is 44.4 Å². The second kappa shape index (κ2) is 11.4. The maximum atomic E-state index is 7.16. The standard InChI is InChI=1S/C65H54BNO/c1-35-19-54-49-17-18-50-48-9-5-6-10-57(48)68-61(50)60(49)67(47-15-12-37(13-16-47)36-7-3-2-4-8-36)66-56-28-40(63-31-45-24-42-25-46(32-63)65(42,45)34-63)27-53-51-26-39(62-29-43-22-41-23-44(30-62)64(41,43)33-62)14-11-38(51)21-52(58(53)56)55(20-35)59(54)66/h2-20,26-28,41-46,52H,21-25,29-34H2,1H3. The predicted molar refractivity (Wildman–Crippen MR) is 276 cm³/mol. The van der Waals surface area contributed by atoms with Gasteiger partial charge in [0.05, 0.1) is 5.69 Å². The topological polar surface area (TPSA) is 16.4 Å². The highest BCUT2D eigenvalue weighted by Crippen LogP contribution is 2.86. The third kappa shape index (κ3) is 3.88. The van der Waals surface area contributed by atoms with E-state index >= 15 is 0 Å². The number of anilines is 2. The largest absolute Gasteiger partial charge is 0.454 e. The maximum absolute atomic E-state index is 7.16. The molecule has 7 aromatic carbocycles. The summed E-state index contributed by atoms with van der Waals surface area (Å²) in [5, 5.41) is 2.40. The van der Waals surface area contributed by atoms with Gasteiger partial charge in [-0.05, 0) is 226 Å². The van der Waals surface area contributed by atoms with Crippen molar-refractivity contribution < 1.29 is 4.42 Å². The van der Waals surface area contributed by atoms with Crippen molar-refractivity contribution in [2.75, 3.05) is 4.81 Å². The minimum atomic E-state index is 0.00766. The molecule has 3 heteroatoms. The van der Waals surface area contributed by atoms with E-state index in [0.717, 1.165) is 53.1 Å². The van der Waals surface area contributed by atoms with Gasteiger partial charge in [0.2, 0.25) is 0 Å². The summed E-state index contributed by atoms with van der Waals surface area (Å²) in [4.78, 5) is 2.78. The molecule has 8 aromatic rings. The van der Waals surface area contributed by atoms with E-state index in [-0.39, 0.29) is 12.3 Å². The third-order valence-corrected chi connectivity index (χ3v) is 23.1. The van der Waals surface area contributed by atoms with Crippen LogP contribution < -0.4 is 15.7 Å². The molecule has 0 amide bonds. The zero-order valence-electron chi connectivity index (χ0n) is 39.0. The number of rotatable bonds is 4. The van der Waals surface area contributed by atoms with Gasteiger partial charge in [0, 0.05) is 27.9 Å². The lowest BCUT2D eigenvalue weighted by atomic mass is 9.38. The van der Waals surface area contributed by atoms with Crippen LogP contribution in [0.15, 0.2) is 138 Å². The van der Waals surface area contributed by atoms with Crippen molar-refractivity contribution in [2.45, 2.75) is 94.3 Å². The molecule has 8 saturated carbocycles. The van der Waals surface area contributed by atoms with Crippen LogP contribution in [0.3, 0.4) is 0 Å². The third-order valence-electron chi connectivity index (χ3n) is 23.1. The minimum absolute atomic E-state index is 0.00766. The van der Waals surface area contributed by atoms with Crippen LogP contribution in [0, 0.1) is 53.3 Å². The summed E-state index contributed by atoms with van der Waals surface area (Å²) in [5.74, 6) is 6.22. The number of fused-ring (bicyclic) bond motifs is 12. The van der Waals surface area contributed by atoms with Crippen molar-refractivity contribution in [3.63, 3.8) is 0 Å². The summed E-state index contributed by atoms with van der Waals surface area (Å²) >= 11 is 0. The Balaban J connectivity index is 0.892. The SMILES string of the molecule is Cc1cc2c3c(c1)C1Cc4ccc(C56CC7CC8CC(C5)C87C6)cc4-c4cc(C56CC7CC8CC(C5)C87C6)cc(c41)B3N(c1ccc(-c3ccccc3)cc1)c1c-2ccc2c1oc1ccccc12. The molecule has 0 N–H and O–H groups in total. The van der Waals surface area contributed by atoms with Crippen LogP contribution in [-0.4, -0.2) is 6.85 Å². The van der Waals surface area contributed by atoms with Crippen molar-refractivity contribution in [1.29, 1.82) is 0 Å². The van der Waals surface area contributed by atoms with E-state index in [9.17, 15) is 0 Å². The molecule has 2 nitrogen and oxygen atoms in total. The van der Waals surface area contributed by atoms with Crippen LogP contribution >= 0.6 is 0 Å². The van der Waals surface area contributed by atoms with Gasteiger partial charge in [-0.1, -0.05) is 115 Å². The van der Waals surface area contributed by atoms with E-state index in [1.807, 2.05) is 0 Å². The summed E-state index contributed by atoms with van der Waals surface area (Å²) < 4.78 is 7.16. The predicted octanol–water partition coefficient (Wildman–Crippen LogP) is 14.3. The molecular formula is C65H54BNO. The molecule has 4 bridgehead atoms. The molecule has 68 heavy (non-hydrogen) atoms. The number of nitrogens with zero attached hydrogens (tertiary/aromatic N) is 1. The number of para-hydroxylation sites is 1. The lowest BCUT2D eigenvalue weighted by Crippen LogP contribution is -2.63. The van der Waals surface area contributed by atoms with Gasteiger partial charge in [0.1, 0.15) is 5.58 Å². The molecule has 8 fully saturated rings. The fourth-order valence-corrected chi connectivity index (χ4v) is 20.7. The highest BCUT2D eigenvalue weighted by Gasteiger charge is 2.78. The molecule has 328 valence electrons. The van der Waals surface area contributed by atoms with Gasteiger partial charge in [-0.15, -0.1) is 0 Å². The van der Waals surface area contributed by atoms with Gasteiger partial charge in [0.25, 0.3) is 0 Å². The number of hydrogen-bond donors (Lipinski definition) is 0. The maximum Gasteiger partial charge on any atom is 0.329 e. The van der Waals surface area contributed by atoms with Gasteiger partial charge < -0.3 is 9.23 Å². The normalized spacial score (nSPS) is 35.4. The number of benzene rings is 7. The van der Waals surface area contributed by atoms with E-state index in [2.05, 4.69) is 145 Å². The van der Waals surface area contributed by atoms with Gasteiger partial charge in [-0.25, -0.2) is 0 Å². The summed E-state index contributed by atoms with van der Waals surface area (Å²) in [7, 11) is 0. The Kier molecular flexibility index (Phi) is 6.10. The number of hydrogen-bond acceptors (Lipinski definition) is 2. The van der Waals surface area contributed by atoms with Crippen LogP contribution in [0.4, 0.5) is 11.4 Å². The Bertz CT molecular complexity index is 3640. The Morgan fingerprint density at radius 2 is 1.24 bits per heavy atom. The molecule has 1 aromatic heterocycles. The Morgan fingerprint density at radius 1 is 0.559 bits per heavy atom. The summed E-state index contributed by atoms with van der Waals surface area (Å²) in [6.07, 6.45) is 15.7. The van der Waals surface area contributed by atoms with Crippen LogP contribution in [0.25, 0.3) is 55.3 Å². The van der Waals surface area contributed by atoms with Gasteiger partial charge in [-0.2, -0.15) is 0 Å². The highest BCUT2D eigenvalue weighted by molar-refractivity contribution is 6.92. The van der Waals surface area contributed by atoms with Gasteiger partial charge in [0.15, 0.2) is 5.58 Å². The minimum Gasteiger partial charge on any atom is -0.454 e. The van der Waals surface area contributed by atoms with Crippen molar-refractivity contribution in [1.82, 2.24) is 0 Å². The van der Waals surface area contributed by atoms with Crippen LogP contribution in [0.1, 0.15) is 104 Å². The monoisotopic (exact) mass is 875 g/mol. The van der Waals surface area contributed by atoms with Crippen molar-refractivity contribution in [2.24, 2.45) is 46.3 Å². The quantitative estimate of drug-likeness (QED) is 0.164. The molecule has 2 aliphatic heterocycles. The van der Waals surface area contributed by atoms with Crippen molar-refractivity contribution >= 4 is 51.1 Å². The number of furan rings is 1. The molecule has 5 atom stereocenters. The summed E-state index contributed by atoms with van der Waals surface area (Å²) in [6, 6.07) is 53.0. The average molecular weight is 876 g/mol. The van der Waals surface area contributed by atoms with E-state index in [0.29, 0.717) is 22.2 Å². The second-order valence-corrected chi connectivity index (χ2v) is 25.2. The Morgan fingerprint density at radius 3 is 1.96 bits per heavy atom. The van der Waals surface area contributed by atoms with E-state index in [1.165, 1.54) is 120 Å². The molecule has 3 heterocycles. The molecule has 9 aliphatic carbocycles. The lowest BCUT2D eigenvalue weighted by Gasteiger charge is -2.66. The first-order valence-corrected chi connectivity index (χ1v) is 26.8. The van der Waals surface area contributed by atoms with Crippen LogP contribution in [0.5, 0.6) is 0 Å². The van der Waals surface area contributed by atoms with E-state index in [4.69, 9.17) is 4.42 Å². The molecule has 2 spiro atoms. The molecule has 0 saturated heterocycles. The summed E-state index contributed by atoms with van der Waals surface area (Å²) in [5.41, 5.74) is 27.4. The summed E-state index contributed by atoms with van der Waals surface area (Å²) in [6.45, 7) is 2.36. The fourth-order valence-electron chi connectivity index (χ4n) is 20.7. The molecule has 0 radical (unpaired) electrons. The first-order valence-electron chi connectivity index (χ1n) is 26.8. The van der Waals surface area contributed by atoms with Gasteiger partial charge >= 0.3 is 6.85 Å². The second-order valence-electron chi connectivity index (χ2n) is 25.2. The average Bonchev–Trinajstić information content (AvgIpc) is 4.14. The fraction of sp³-hybridized carbons (Fsp3) is 0.354. The first-order chi connectivity index (χ1) is 33.4. The van der Waals surface area contributed by atoms with E-state index < -0.39 is 0 Å². The molecule has 5 unspecified atom stereocenters.